The maximum absolute atomic E-state index is 13.0. The van der Waals surface area contributed by atoms with Gasteiger partial charge in [0, 0.05) is 10.5 Å². The molecule has 4 atom stereocenters. The molecule has 6 nitrogen and oxygen atoms in total. The zero-order valence-corrected chi connectivity index (χ0v) is 14.1. The Hall–Kier alpha value is -2.02. The Morgan fingerprint density at radius 2 is 1.71 bits per heavy atom. The summed E-state index contributed by atoms with van der Waals surface area (Å²) in [7, 11) is 0. The average Bonchev–Trinajstić information content (AvgIpc) is 3.14. The molecular weight excluding hydrogens is 376 g/mol. The van der Waals surface area contributed by atoms with Crippen molar-refractivity contribution in [2.75, 3.05) is 4.90 Å². The van der Waals surface area contributed by atoms with Crippen LogP contribution in [0, 0.1) is 39.2 Å². The smallest absolute Gasteiger partial charge is 0.274 e. The van der Waals surface area contributed by atoms with Gasteiger partial charge in [0.05, 0.1) is 16.8 Å². The minimum atomic E-state index is -0.552. The number of imide groups is 1. The molecule has 0 aromatic heterocycles. The highest BCUT2D eigenvalue weighted by atomic mass is 79.9. The Kier molecular flexibility index (Phi) is 2.59. The van der Waals surface area contributed by atoms with Crippen LogP contribution in [0.1, 0.15) is 12.8 Å². The molecule has 1 saturated heterocycles. The molecule has 4 aliphatic rings. The van der Waals surface area contributed by atoms with Gasteiger partial charge < -0.3 is 0 Å². The van der Waals surface area contributed by atoms with Crippen molar-refractivity contribution in [2.45, 2.75) is 12.8 Å². The Bertz CT molecular complexity index is 826. The van der Waals surface area contributed by atoms with Gasteiger partial charge >= 0.3 is 0 Å². The van der Waals surface area contributed by atoms with Crippen LogP contribution in [0.15, 0.2) is 34.8 Å². The van der Waals surface area contributed by atoms with Gasteiger partial charge in [-0.05, 0) is 42.2 Å². The molecule has 0 radical (unpaired) electrons. The number of fused-ring (bicyclic) bond motifs is 3. The van der Waals surface area contributed by atoms with E-state index < -0.39 is 4.92 Å². The first-order valence-electron chi connectivity index (χ1n) is 7.96. The summed E-state index contributed by atoms with van der Waals surface area (Å²) in [6.45, 7) is 0. The molecule has 1 heterocycles. The van der Waals surface area contributed by atoms with E-state index in [-0.39, 0.29) is 52.3 Å². The van der Waals surface area contributed by atoms with Crippen molar-refractivity contribution < 1.29 is 14.5 Å². The van der Waals surface area contributed by atoms with Crippen LogP contribution in [0.5, 0.6) is 0 Å². The van der Waals surface area contributed by atoms with Gasteiger partial charge in [0.25, 0.3) is 5.69 Å². The van der Waals surface area contributed by atoms with E-state index in [0.717, 1.165) is 17.7 Å². The molecule has 3 aliphatic carbocycles. The van der Waals surface area contributed by atoms with Gasteiger partial charge in [-0.3, -0.25) is 19.7 Å². The van der Waals surface area contributed by atoms with Crippen LogP contribution >= 0.6 is 15.9 Å². The highest BCUT2D eigenvalue weighted by Gasteiger charge is 2.73. The van der Waals surface area contributed by atoms with E-state index in [0.29, 0.717) is 4.47 Å². The summed E-state index contributed by atoms with van der Waals surface area (Å²) in [5, 5.41) is 11.4. The number of halogens is 1. The van der Waals surface area contributed by atoms with E-state index >= 15 is 0 Å². The fourth-order valence-corrected chi connectivity index (χ4v) is 5.50. The maximum Gasteiger partial charge on any atom is 0.294 e. The van der Waals surface area contributed by atoms with Crippen LogP contribution in [0.2, 0.25) is 0 Å². The molecule has 0 N–H and O–H groups in total. The monoisotopic (exact) mass is 388 g/mol. The largest absolute Gasteiger partial charge is 0.294 e. The number of allylic oxidation sites excluding steroid dienone is 2. The number of nitro groups is 1. The third-order valence-electron chi connectivity index (χ3n) is 6.23. The van der Waals surface area contributed by atoms with Crippen LogP contribution in [-0.2, 0) is 9.59 Å². The van der Waals surface area contributed by atoms with Crippen molar-refractivity contribution in [3.63, 3.8) is 0 Å². The van der Waals surface area contributed by atoms with Crippen molar-refractivity contribution in [1.82, 2.24) is 0 Å². The number of carbonyl (C=O) groups excluding carboxylic acids is 2. The average molecular weight is 389 g/mol. The molecule has 0 unspecified atom stereocenters. The fourth-order valence-electron chi connectivity index (χ4n) is 5.15. The van der Waals surface area contributed by atoms with E-state index in [1.807, 2.05) is 0 Å². The Labute approximate surface area is 145 Å². The minimum absolute atomic E-state index is 0.0804. The van der Waals surface area contributed by atoms with E-state index in [1.54, 1.807) is 6.07 Å². The molecule has 1 aliphatic heterocycles. The van der Waals surface area contributed by atoms with Gasteiger partial charge in [-0.1, -0.05) is 28.1 Å². The van der Waals surface area contributed by atoms with Crippen molar-refractivity contribution in [3.8, 4) is 0 Å². The predicted octanol–water partition coefficient (Wildman–Crippen LogP) is 3.06. The van der Waals surface area contributed by atoms with Gasteiger partial charge in [0.1, 0.15) is 5.69 Å². The highest BCUT2D eigenvalue weighted by Crippen LogP contribution is 2.73. The molecule has 2 saturated carbocycles. The molecule has 7 heteroatoms. The summed E-state index contributed by atoms with van der Waals surface area (Å²) in [6, 6.07) is 4.42. The second kappa shape index (κ2) is 4.33. The summed E-state index contributed by atoms with van der Waals surface area (Å²) in [4.78, 5) is 37.9. The molecule has 3 fully saturated rings. The Morgan fingerprint density at radius 3 is 2.21 bits per heavy atom. The van der Waals surface area contributed by atoms with Crippen LogP contribution < -0.4 is 4.90 Å². The van der Waals surface area contributed by atoms with E-state index in [1.165, 1.54) is 12.1 Å². The van der Waals surface area contributed by atoms with Crippen molar-refractivity contribution in [1.29, 1.82) is 0 Å². The van der Waals surface area contributed by atoms with Crippen LogP contribution in [-0.4, -0.2) is 16.7 Å². The van der Waals surface area contributed by atoms with Crippen molar-refractivity contribution >= 4 is 39.1 Å². The lowest BCUT2D eigenvalue weighted by molar-refractivity contribution is -0.384. The van der Waals surface area contributed by atoms with Crippen molar-refractivity contribution in [3.05, 3.63) is 44.9 Å². The second-order valence-electron chi connectivity index (χ2n) is 7.12. The lowest BCUT2D eigenvalue weighted by Crippen LogP contribution is -2.35. The molecule has 24 heavy (non-hydrogen) atoms. The van der Waals surface area contributed by atoms with Gasteiger partial charge in [-0.2, -0.15) is 0 Å². The van der Waals surface area contributed by atoms with E-state index in [2.05, 4.69) is 28.1 Å². The number of hydrogen-bond donors (Lipinski definition) is 0. The highest BCUT2D eigenvalue weighted by molar-refractivity contribution is 9.10. The number of nitrogens with zero attached hydrogens (tertiary/aromatic N) is 2. The van der Waals surface area contributed by atoms with E-state index in [4.69, 9.17) is 0 Å². The molecule has 1 aromatic carbocycles. The quantitative estimate of drug-likeness (QED) is 0.337. The molecule has 5 rings (SSSR count). The number of benzene rings is 1. The zero-order valence-electron chi connectivity index (χ0n) is 12.5. The Balaban J connectivity index is 1.60. The molecule has 1 aromatic rings. The topological polar surface area (TPSA) is 80.5 Å². The molecule has 1 spiro atoms. The zero-order chi connectivity index (χ0) is 16.8. The van der Waals surface area contributed by atoms with Crippen LogP contribution in [0.4, 0.5) is 11.4 Å². The van der Waals surface area contributed by atoms with Gasteiger partial charge in [0.15, 0.2) is 0 Å². The number of nitro benzene ring substituents is 1. The summed E-state index contributed by atoms with van der Waals surface area (Å²) in [6.07, 6.45) is 6.32. The van der Waals surface area contributed by atoms with Crippen LogP contribution in [0.3, 0.4) is 0 Å². The van der Waals surface area contributed by atoms with Gasteiger partial charge in [-0.15, -0.1) is 0 Å². The third-order valence-corrected chi connectivity index (χ3v) is 6.72. The number of amides is 2. The number of anilines is 1. The summed E-state index contributed by atoms with van der Waals surface area (Å²) in [5.74, 6) is -1.03. The molecule has 2 amide bonds. The lowest BCUT2D eigenvalue weighted by atomic mass is 9.85. The fraction of sp³-hybridized carbons (Fsp3) is 0.412. The number of rotatable bonds is 2. The number of hydrogen-bond acceptors (Lipinski definition) is 4. The second-order valence-corrected chi connectivity index (χ2v) is 8.04. The summed E-state index contributed by atoms with van der Waals surface area (Å²) < 4.78 is 0.538. The molecular formula is C17H13BrN2O4. The normalized spacial score (nSPS) is 34.3. The first kappa shape index (κ1) is 14.3. The van der Waals surface area contributed by atoms with Gasteiger partial charge in [-0.25, -0.2) is 4.90 Å². The first-order chi connectivity index (χ1) is 11.5. The minimum Gasteiger partial charge on any atom is -0.274 e. The van der Waals surface area contributed by atoms with E-state index in [9.17, 15) is 19.7 Å². The number of carbonyl (C=O) groups is 2. The standard InChI is InChI=1S/C17H13BrN2O4/c18-8-1-4-11(12(7-8)20(23)24)19-15(21)13-9-2-3-10(14(13)16(19)22)17(9)5-6-17/h1-4,7,9-10,13-14H,5-6H2/t9-,10+,13-,14+. The summed E-state index contributed by atoms with van der Waals surface area (Å²) >= 11 is 3.20. The Morgan fingerprint density at radius 1 is 1.12 bits per heavy atom. The third kappa shape index (κ3) is 1.51. The maximum atomic E-state index is 13.0. The summed E-state index contributed by atoms with van der Waals surface area (Å²) in [5.41, 5.74) is -0.0254. The predicted molar refractivity (Wildman–Crippen MR) is 88.1 cm³/mol. The van der Waals surface area contributed by atoms with Crippen molar-refractivity contribution in [2.24, 2.45) is 29.1 Å². The SMILES string of the molecule is O=C1[C@@H]2[C@H](C(=O)N1c1ccc(Br)cc1[N+](=O)[O-])[C@H]1C=C[C@@H]2C12CC2. The molecule has 2 bridgehead atoms. The first-order valence-corrected chi connectivity index (χ1v) is 8.75. The molecule has 122 valence electrons. The van der Waals surface area contributed by atoms with Crippen LogP contribution in [0.25, 0.3) is 0 Å². The van der Waals surface area contributed by atoms with Gasteiger partial charge in [0.2, 0.25) is 11.8 Å². The lowest BCUT2D eigenvalue weighted by Gasteiger charge is -2.21.